The molecule has 0 atom stereocenters. The summed E-state index contributed by atoms with van der Waals surface area (Å²) < 4.78 is 5.20. The Bertz CT molecular complexity index is 838. The van der Waals surface area contributed by atoms with Gasteiger partial charge in [-0.25, -0.2) is 5.43 Å². The Morgan fingerprint density at radius 1 is 1.09 bits per heavy atom. The molecule has 0 radical (unpaired) electrons. The van der Waals surface area contributed by atoms with Crippen LogP contribution < -0.4 is 10.7 Å². The Morgan fingerprint density at radius 3 is 2.70 bits per heavy atom. The maximum atomic E-state index is 11.8. The molecule has 0 aliphatic heterocycles. The highest BCUT2D eigenvalue weighted by Crippen LogP contribution is 2.18. The van der Waals surface area contributed by atoms with E-state index in [1.807, 2.05) is 36.4 Å². The largest absolute Gasteiger partial charge is 0.463 e. The zero-order valence-corrected chi connectivity index (χ0v) is 12.7. The zero-order valence-electron chi connectivity index (χ0n) is 12.7. The maximum Gasteiger partial charge on any atom is 0.259 e. The number of carbonyl (C=O) groups excluding carboxylic acids is 1. The number of furan rings is 1. The number of anilines is 1. The number of fused-ring (bicyclic) bond motifs is 1. The van der Waals surface area contributed by atoms with Gasteiger partial charge in [-0.15, -0.1) is 0 Å². The summed E-state index contributed by atoms with van der Waals surface area (Å²) in [5.41, 5.74) is 4.02. The topological polar surface area (TPSA) is 66.6 Å². The third kappa shape index (κ3) is 3.77. The summed E-state index contributed by atoms with van der Waals surface area (Å²) >= 11 is 0. The second kappa shape index (κ2) is 6.79. The second-order valence-corrected chi connectivity index (χ2v) is 5.12. The van der Waals surface area contributed by atoms with E-state index in [1.165, 1.54) is 5.39 Å². The second-order valence-electron chi connectivity index (χ2n) is 5.12. The molecule has 2 N–H and O–H groups in total. The number of hydrogen-bond donors (Lipinski definition) is 2. The lowest BCUT2D eigenvalue weighted by atomic mass is 10.1. The van der Waals surface area contributed by atoms with Gasteiger partial charge in [0, 0.05) is 5.69 Å². The van der Waals surface area contributed by atoms with Crippen molar-refractivity contribution in [2.45, 2.75) is 6.92 Å². The lowest BCUT2D eigenvalue weighted by molar-refractivity contribution is -0.119. The molecule has 0 saturated carbocycles. The van der Waals surface area contributed by atoms with Crippen LogP contribution in [0.25, 0.3) is 10.8 Å². The standard InChI is InChI=1S/C18H17N3O2/c1-13(17-7-4-10-23-17)20-21-18(22)12-19-16-9-8-14-5-2-3-6-15(14)11-16/h2-11,19H,12H2,1H3,(H,21,22)/b20-13+. The molecular weight excluding hydrogens is 290 g/mol. The van der Waals surface area contributed by atoms with Gasteiger partial charge in [0.15, 0.2) is 0 Å². The molecule has 0 unspecified atom stereocenters. The first-order valence-electron chi connectivity index (χ1n) is 7.32. The number of benzene rings is 2. The minimum absolute atomic E-state index is 0.146. The van der Waals surface area contributed by atoms with Crippen LogP contribution >= 0.6 is 0 Å². The van der Waals surface area contributed by atoms with Crippen molar-refractivity contribution in [2.24, 2.45) is 5.10 Å². The van der Waals surface area contributed by atoms with Crippen molar-refractivity contribution >= 4 is 28.1 Å². The molecule has 3 rings (SSSR count). The van der Waals surface area contributed by atoms with E-state index in [-0.39, 0.29) is 12.5 Å². The van der Waals surface area contributed by atoms with E-state index in [0.29, 0.717) is 11.5 Å². The van der Waals surface area contributed by atoms with Crippen molar-refractivity contribution in [1.29, 1.82) is 0 Å². The molecule has 0 aliphatic rings. The molecule has 0 aliphatic carbocycles. The summed E-state index contributed by atoms with van der Waals surface area (Å²) in [5, 5.41) is 9.40. The molecule has 3 aromatic rings. The van der Waals surface area contributed by atoms with Gasteiger partial charge in [0.25, 0.3) is 5.91 Å². The maximum absolute atomic E-state index is 11.8. The van der Waals surface area contributed by atoms with Crippen LogP contribution in [-0.2, 0) is 4.79 Å². The Morgan fingerprint density at radius 2 is 1.91 bits per heavy atom. The molecule has 5 heteroatoms. The fraction of sp³-hybridized carbons (Fsp3) is 0.111. The molecule has 1 amide bonds. The first-order chi connectivity index (χ1) is 11.2. The van der Waals surface area contributed by atoms with Crippen LogP contribution in [0.4, 0.5) is 5.69 Å². The third-order valence-electron chi connectivity index (χ3n) is 3.43. The molecule has 5 nitrogen and oxygen atoms in total. The van der Waals surface area contributed by atoms with Crippen molar-refractivity contribution in [3.8, 4) is 0 Å². The Balaban J connectivity index is 1.56. The number of carbonyl (C=O) groups is 1. The summed E-state index contributed by atoms with van der Waals surface area (Å²) in [6, 6.07) is 17.6. The van der Waals surface area contributed by atoms with Gasteiger partial charge in [-0.05, 0) is 42.0 Å². The first kappa shape index (κ1) is 14.8. The van der Waals surface area contributed by atoms with Gasteiger partial charge in [-0.2, -0.15) is 5.10 Å². The van der Waals surface area contributed by atoms with Gasteiger partial charge < -0.3 is 9.73 Å². The minimum Gasteiger partial charge on any atom is -0.463 e. The predicted octanol–water partition coefficient (Wildman–Crippen LogP) is 3.39. The summed E-state index contributed by atoms with van der Waals surface area (Å²) in [4.78, 5) is 11.8. The van der Waals surface area contributed by atoms with Crippen LogP contribution in [0, 0.1) is 0 Å². The predicted molar refractivity (Wildman–Crippen MR) is 91.5 cm³/mol. The van der Waals surface area contributed by atoms with Gasteiger partial charge in [0.05, 0.1) is 12.8 Å². The third-order valence-corrected chi connectivity index (χ3v) is 3.43. The van der Waals surface area contributed by atoms with Gasteiger partial charge in [0.2, 0.25) is 0 Å². The van der Waals surface area contributed by atoms with Crippen LogP contribution in [-0.4, -0.2) is 18.2 Å². The van der Waals surface area contributed by atoms with Crippen LogP contribution in [0.3, 0.4) is 0 Å². The molecule has 116 valence electrons. The molecule has 1 heterocycles. The highest BCUT2D eigenvalue weighted by Gasteiger charge is 2.03. The van der Waals surface area contributed by atoms with E-state index < -0.39 is 0 Å². The summed E-state index contributed by atoms with van der Waals surface area (Å²) in [5.74, 6) is 0.414. The van der Waals surface area contributed by atoms with Crippen LogP contribution in [0.2, 0.25) is 0 Å². The number of rotatable bonds is 5. The van der Waals surface area contributed by atoms with Crippen molar-refractivity contribution in [2.75, 3.05) is 11.9 Å². The molecule has 0 bridgehead atoms. The van der Waals surface area contributed by atoms with Crippen LogP contribution in [0.15, 0.2) is 70.4 Å². The average Bonchev–Trinajstić information content (AvgIpc) is 3.12. The highest BCUT2D eigenvalue weighted by atomic mass is 16.3. The zero-order chi connectivity index (χ0) is 16.1. The molecule has 2 aromatic carbocycles. The monoisotopic (exact) mass is 307 g/mol. The van der Waals surface area contributed by atoms with E-state index in [1.54, 1.807) is 25.3 Å². The van der Waals surface area contributed by atoms with Crippen molar-refractivity contribution < 1.29 is 9.21 Å². The molecule has 0 fully saturated rings. The van der Waals surface area contributed by atoms with E-state index in [4.69, 9.17) is 4.42 Å². The van der Waals surface area contributed by atoms with Crippen LogP contribution in [0.5, 0.6) is 0 Å². The first-order valence-corrected chi connectivity index (χ1v) is 7.32. The number of amides is 1. The smallest absolute Gasteiger partial charge is 0.259 e. The lowest BCUT2D eigenvalue weighted by Crippen LogP contribution is -2.26. The van der Waals surface area contributed by atoms with E-state index in [2.05, 4.69) is 21.9 Å². The van der Waals surface area contributed by atoms with Gasteiger partial charge >= 0.3 is 0 Å². The number of hydrogen-bond acceptors (Lipinski definition) is 4. The summed E-state index contributed by atoms with van der Waals surface area (Å²) in [6.45, 7) is 1.92. The van der Waals surface area contributed by atoms with Crippen molar-refractivity contribution in [1.82, 2.24) is 5.43 Å². The van der Waals surface area contributed by atoms with E-state index in [9.17, 15) is 4.79 Å². The summed E-state index contributed by atoms with van der Waals surface area (Å²) in [6.07, 6.45) is 1.57. The minimum atomic E-state index is -0.218. The molecule has 0 saturated heterocycles. The summed E-state index contributed by atoms with van der Waals surface area (Å²) in [7, 11) is 0. The SMILES string of the molecule is C/C(=N\NC(=O)CNc1ccc2ccccc2c1)c1ccco1. The Kier molecular flexibility index (Phi) is 4.38. The Labute approximate surface area is 134 Å². The van der Waals surface area contributed by atoms with E-state index in [0.717, 1.165) is 11.1 Å². The Hall–Kier alpha value is -3.08. The van der Waals surface area contributed by atoms with Gasteiger partial charge in [0.1, 0.15) is 11.5 Å². The molecule has 23 heavy (non-hydrogen) atoms. The highest BCUT2D eigenvalue weighted by molar-refractivity contribution is 5.97. The van der Waals surface area contributed by atoms with Gasteiger partial charge in [-0.3, -0.25) is 4.79 Å². The fourth-order valence-corrected chi connectivity index (χ4v) is 2.21. The quantitative estimate of drug-likeness (QED) is 0.561. The molecular formula is C18H17N3O2. The molecule has 1 aromatic heterocycles. The number of nitrogens with zero attached hydrogens (tertiary/aromatic N) is 1. The van der Waals surface area contributed by atoms with Crippen molar-refractivity contribution in [3.05, 3.63) is 66.6 Å². The van der Waals surface area contributed by atoms with Crippen LogP contribution in [0.1, 0.15) is 12.7 Å². The van der Waals surface area contributed by atoms with E-state index >= 15 is 0 Å². The fourth-order valence-electron chi connectivity index (χ4n) is 2.21. The number of nitrogens with one attached hydrogen (secondary N) is 2. The average molecular weight is 307 g/mol. The van der Waals surface area contributed by atoms with Gasteiger partial charge in [-0.1, -0.05) is 30.3 Å². The molecule has 0 spiro atoms. The van der Waals surface area contributed by atoms with Crippen molar-refractivity contribution in [3.63, 3.8) is 0 Å². The number of hydrazone groups is 1. The lowest BCUT2D eigenvalue weighted by Gasteiger charge is -2.07. The normalized spacial score (nSPS) is 11.4.